The minimum atomic E-state index is -0.146. The summed E-state index contributed by atoms with van der Waals surface area (Å²) in [5, 5.41) is 2.67. The summed E-state index contributed by atoms with van der Waals surface area (Å²) in [6, 6.07) is 56.7. The minimum absolute atomic E-state index is 0.0865. The fourth-order valence-corrected chi connectivity index (χ4v) is 10.1. The maximum absolute atomic E-state index is 2.50. The maximum atomic E-state index is 2.50. The van der Waals surface area contributed by atoms with E-state index in [1.54, 1.807) is 0 Å². The molecule has 0 radical (unpaired) electrons. The van der Waals surface area contributed by atoms with Gasteiger partial charge in [0.1, 0.15) is 0 Å². The fourth-order valence-electron chi connectivity index (χ4n) is 8.97. The summed E-state index contributed by atoms with van der Waals surface area (Å²) in [5.41, 5.74) is 16.7. The topological polar surface area (TPSA) is 3.24 Å². The van der Waals surface area contributed by atoms with E-state index < -0.39 is 0 Å². The van der Waals surface area contributed by atoms with E-state index in [4.69, 9.17) is 0 Å². The van der Waals surface area contributed by atoms with Crippen molar-refractivity contribution in [3.05, 3.63) is 174 Å². The average Bonchev–Trinajstić information content (AvgIpc) is 3.72. The van der Waals surface area contributed by atoms with Gasteiger partial charge in [-0.1, -0.05) is 137 Å². The zero-order valence-electron chi connectivity index (χ0n) is 28.8. The summed E-state index contributed by atoms with van der Waals surface area (Å²) in [6.07, 6.45) is 0. The first-order valence-corrected chi connectivity index (χ1v) is 18.4. The molecule has 240 valence electrons. The number of nitrogens with zero attached hydrogens (tertiary/aromatic N) is 1. The van der Waals surface area contributed by atoms with Crippen LogP contribution >= 0.6 is 11.3 Å². The van der Waals surface area contributed by atoms with E-state index in [-0.39, 0.29) is 10.8 Å². The molecule has 0 fully saturated rings. The quantitative estimate of drug-likeness (QED) is 0.182. The Labute approximate surface area is 298 Å². The highest BCUT2D eigenvalue weighted by Crippen LogP contribution is 2.55. The smallest absolute Gasteiger partial charge is 0.0508 e. The second kappa shape index (κ2) is 10.5. The van der Waals surface area contributed by atoms with Crippen molar-refractivity contribution in [3.63, 3.8) is 0 Å². The monoisotopic (exact) mass is 659 g/mol. The van der Waals surface area contributed by atoms with E-state index in [0.29, 0.717) is 0 Å². The second-order valence-corrected chi connectivity index (χ2v) is 16.0. The van der Waals surface area contributed by atoms with Crippen LogP contribution in [0.2, 0.25) is 0 Å². The average molecular weight is 660 g/mol. The van der Waals surface area contributed by atoms with E-state index in [1.165, 1.54) is 87.2 Å². The van der Waals surface area contributed by atoms with Gasteiger partial charge in [0.15, 0.2) is 0 Å². The molecular weight excluding hydrogens is 623 g/mol. The van der Waals surface area contributed by atoms with Crippen LogP contribution in [0.5, 0.6) is 0 Å². The highest BCUT2D eigenvalue weighted by molar-refractivity contribution is 7.25. The summed E-state index contributed by atoms with van der Waals surface area (Å²) < 4.78 is 2.67. The summed E-state index contributed by atoms with van der Waals surface area (Å²) >= 11 is 1.88. The molecule has 0 bridgehead atoms. The van der Waals surface area contributed by atoms with E-state index in [9.17, 15) is 0 Å². The second-order valence-electron chi connectivity index (χ2n) is 15.0. The molecule has 1 aromatic heterocycles. The van der Waals surface area contributed by atoms with Crippen LogP contribution < -0.4 is 4.90 Å². The summed E-state index contributed by atoms with van der Waals surface area (Å²) in [7, 11) is 0. The van der Waals surface area contributed by atoms with Gasteiger partial charge in [-0.05, 0) is 98.1 Å². The number of hydrogen-bond acceptors (Lipinski definition) is 2. The van der Waals surface area contributed by atoms with Crippen molar-refractivity contribution in [2.24, 2.45) is 0 Å². The zero-order chi connectivity index (χ0) is 33.8. The SMILES string of the molecule is CC1(C)c2ccccc2-c2ccc(N(c3ccc(-c4ccc5c(c4)sc4ccccc45)cc3)c3cccc4c3C(C)(C)c3ccccc3-4)cc21. The van der Waals surface area contributed by atoms with Crippen LogP contribution in [0, 0.1) is 0 Å². The van der Waals surface area contributed by atoms with Crippen LogP contribution in [-0.4, -0.2) is 0 Å². The highest BCUT2D eigenvalue weighted by atomic mass is 32.1. The van der Waals surface area contributed by atoms with Crippen molar-refractivity contribution in [1.82, 2.24) is 0 Å². The molecule has 0 aliphatic heterocycles. The lowest BCUT2D eigenvalue weighted by Gasteiger charge is -2.33. The third kappa shape index (κ3) is 4.12. The van der Waals surface area contributed by atoms with Crippen molar-refractivity contribution in [3.8, 4) is 33.4 Å². The van der Waals surface area contributed by atoms with Crippen LogP contribution in [0.3, 0.4) is 0 Å². The molecule has 0 amide bonds. The third-order valence-electron chi connectivity index (χ3n) is 11.5. The van der Waals surface area contributed by atoms with Crippen LogP contribution in [0.4, 0.5) is 17.1 Å². The molecule has 0 unspecified atom stereocenters. The van der Waals surface area contributed by atoms with Crippen molar-refractivity contribution in [1.29, 1.82) is 0 Å². The Hall–Kier alpha value is -5.44. The molecule has 2 heteroatoms. The third-order valence-corrected chi connectivity index (χ3v) is 12.6. The first kappa shape index (κ1) is 29.5. The number of anilines is 3. The first-order chi connectivity index (χ1) is 24.3. The number of rotatable bonds is 4. The van der Waals surface area contributed by atoms with Crippen LogP contribution in [0.25, 0.3) is 53.6 Å². The van der Waals surface area contributed by atoms with Gasteiger partial charge in [0.05, 0.1) is 5.69 Å². The summed E-state index contributed by atoms with van der Waals surface area (Å²) in [5.74, 6) is 0. The van der Waals surface area contributed by atoms with Gasteiger partial charge in [-0.2, -0.15) is 0 Å². The van der Waals surface area contributed by atoms with Crippen LogP contribution in [-0.2, 0) is 10.8 Å². The highest BCUT2D eigenvalue weighted by Gasteiger charge is 2.40. The minimum Gasteiger partial charge on any atom is -0.310 e. The van der Waals surface area contributed by atoms with Gasteiger partial charge < -0.3 is 4.90 Å². The standard InChI is InChI=1S/C48H37NS/c1-47(2)40-16-8-5-12-34(40)36-27-25-33(29-42(36)47)49(43-18-11-15-39-35-13-6-9-17-41(35)48(3,4)46(39)43)32-23-20-30(21-24-32)31-22-26-38-37-14-7-10-19-44(37)50-45(38)28-31/h5-29H,1-4H3. The number of fused-ring (bicyclic) bond motifs is 9. The summed E-state index contributed by atoms with van der Waals surface area (Å²) in [6.45, 7) is 9.51. The molecule has 0 saturated carbocycles. The Morgan fingerprint density at radius 1 is 0.420 bits per heavy atom. The lowest BCUT2D eigenvalue weighted by Crippen LogP contribution is -2.21. The number of thiophene rings is 1. The van der Waals surface area contributed by atoms with E-state index in [0.717, 1.165) is 5.69 Å². The number of benzene rings is 7. The van der Waals surface area contributed by atoms with Gasteiger partial charge in [0, 0.05) is 42.4 Å². The molecule has 0 saturated heterocycles. The predicted molar refractivity (Wildman–Crippen MR) is 215 cm³/mol. The molecule has 0 spiro atoms. The molecule has 0 N–H and O–H groups in total. The molecule has 8 aromatic rings. The molecule has 2 aliphatic carbocycles. The molecule has 1 nitrogen and oxygen atoms in total. The predicted octanol–water partition coefficient (Wildman–Crippen LogP) is 13.8. The molecule has 0 atom stereocenters. The lowest BCUT2D eigenvalue weighted by atomic mass is 9.81. The van der Waals surface area contributed by atoms with Gasteiger partial charge in [-0.15, -0.1) is 11.3 Å². The van der Waals surface area contributed by atoms with Crippen molar-refractivity contribution >= 4 is 48.6 Å². The van der Waals surface area contributed by atoms with Crippen molar-refractivity contribution in [2.45, 2.75) is 38.5 Å². The fraction of sp³-hybridized carbons (Fsp3) is 0.125. The van der Waals surface area contributed by atoms with Crippen molar-refractivity contribution < 1.29 is 0 Å². The Kier molecular flexibility index (Phi) is 6.21. The van der Waals surface area contributed by atoms with Gasteiger partial charge in [0.2, 0.25) is 0 Å². The van der Waals surface area contributed by atoms with Crippen LogP contribution in [0.1, 0.15) is 49.9 Å². The summed E-state index contributed by atoms with van der Waals surface area (Å²) in [4.78, 5) is 2.50. The van der Waals surface area contributed by atoms with E-state index >= 15 is 0 Å². The van der Waals surface area contributed by atoms with Gasteiger partial charge in [0.25, 0.3) is 0 Å². The molecule has 10 rings (SSSR count). The lowest BCUT2D eigenvalue weighted by molar-refractivity contribution is 0.658. The molecule has 2 aliphatic rings. The number of hydrogen-bond donors (Lipinski definition) is 0. The zero-order valence-corrected chi connectivity index (χ0v) is 29.6. The molecule has 50 heavy (non-hydrogen) atoms. The molecule has 7 aromatic carbocycles. The Bertz CT molecular complexity index is 2650. The van der Waals surface area contributed by atoms with Gasteiger partial charge >= 0.3 is 0 Å². The van der Waals surface area contributed by atoms with Crippen molar-refractivity contribution in [2.75, 3.05) is 4.90 Å². The van der Waals surface area contributed by atoms with Gasteiger partial charge in [-0.3, -0.25) is 0 Å². The Morgan fingerprint density at radius 3 is 1.82 bits per heavy atom. The van der Waals surface area contributed by atoms with Crippen LogP contribution in [0.15, 0.2) is 152 Å². The first-order valence-electron chi connectivity index (χ1n) is 17.6. The maximum Gasteiger partial charge on any atom is 0.0508 e. The van der Waals surface area contributed by atoms with E-state index in [2.05, 4.69) is 184 Å². The molecular formula is C48H37NS. The normalized spacial score (nSPS) is 14.7. The Morgan fingerprint density at radius 2 is 1.02 bits per heavy atom. The van der Waals surface area contributed by atoms with Gasteiger partial charge in [-0.25, -0.2) is 0 Å². The Balaban J connectivity index is 1.14. The largest absolute Gasteiger partial charge is 0.310 e. The van der Waals surface area contributed by atoms with E-state index in [1.807, 2.05) is 11.3 Å². The molecule has 1 heterocycles.